The van der Waals surface area contributed by atoms with Gasteiger partial charge in [0.2, 0.25) is 0 Å². The van der Waals surface area contributed by atoms with Crippen LogP contribution in [0.2, 0.25) is 0 Å². The summed E-state index contributed by atoms with van der Waals surface area (Å²) < 4.78 is 19.7. The lowest BCUT2D eigenvalue weighted by atomic mass is 10.1. The van der Waals surface area contributed by atoms with E-state index < -0.39 is 11.4 Å². The molecule has 0 bridgehead atoms. The van der Waals surface area contributed by atoms with Crippen LogP contribution in [0.3, 0.4) is 0 Å². The third-order valence-electron chi connectivity index (χ3n) is 5.65. The number of benzene rings is 1. The number of halogens is 1. The standard InChI is InChI=1S/C25H28FN5O3/c1-25(2,3)34-24(33)31-12-10-30(11-13-31)22-19(23(32)28-18-6-7-18)8-9-21(29-22)16-4-5-17(15-27)20(26)14-16/h4-5,8-9,14,18H,6-7,10-13H2,1-3H3,(H,28,32). The summed E-state index contributed by atoms with van der Waals surface area (Å²) in [6.45, 7) is 7.28. The lowest BCUT2D eigenvalue weighted by Crippen LogP contribution is -2.50. The van der Waals surface area contributed by atoms with Gasteiger partial charge in [-0.15, -0.1) is 0 Å². The fourth-order valence-corrected chi connectivity index (χ4v) is 3.71. The molecule has 8 nitrogen and oxygen atoms in total. The number of hydrogen-bond donors (Lipinski definition) is 1. The number of rotatable bonds is 4. The highest BCUT2D eigenvalue weighted by Gasteiger charge is 2.30. The van der Waals surface area contributed by atoms with Crippen molar-refractivity contribution < 1.29 is 18.7 Å². The smallest absolute Gasteiger partial charge is 0.410 e. The first-order valence-corrected chi connectivity index (χ1v) is 11.4. The molecular formula is C25H28FN5O3. The number of nitriles is 1. The van der Waals surface area contributed by atoms with Gasteiger partial charge in [-0.05, 0) is 57.9 Å². The summed E-state index contributed by atoms with van der Waals surface area (Å²) in [5.41, 5.74) is 0.836. The van der Waals surface area contributed by atoms with Crippen LogP contribution < -0.4 is 10.2 Å². The van der Waals surface area contributed by atoms with Gasteiger partial charge in [0, 0.05) is 37.8 Å². The Morgan fingerprint density at radius 3 is 2.44 bits per heavy atom. The SMILES string of the molecule is CC(C)(C)OC(=O)N1CCN(c2nc(-c3ccc(C#N)c(F)c3)ccc2C(=O)NC2CC2)CC1. The first-order valence-electron chi connectivity index (χ1n) is 11.4. The maximum Gasteiger partial charge on any atom is 0.410 e. The van der Waals surface area contributed by atoms with E-state index in [0.29, 0.717) is 48.8 Å². The van der Waals surface area contributed by atoms with E-state index in [1.165, 1.54) is 12.1 Å². The zero-order valence-electron chi connectivity index (χ0n) is 19.6. The van der Waals surface area contributed by atoms with Crippen molar-refractivity contribution in [1.82, 2.24) is 15.2 Å². The second kappa shape index (κ2) is 9.29. The number of nitrogens with one attached hydrogen (secondary N) is 1. The Kier molecular flexibility index (Phi) is 6.42. The van der Waals surface area contributed by atoms with E-state index in [1.807, 2.05) is 31.7 Å². The fraction of sp³-hybridized carbons (Fsp3) is 0.440. The van der Waals surface area contributed by atoms with Crippen LogP contribution in [0, 0.1) is 17.1 Å². The zero-order chi connectivity index (χ0) is 24.5. The normalized spacial score (nSPS) is 16.1. The summed E-state index contributed by atoms with van der Waals surface area (Å²) in [5.74, 6) is -0.328. The van der Waals surface area contributed by atoms with Crippen molar-refractivity contribution in [2.45, 2.75) is 45.3 Å². The lowest BCUT2D eigenvalue weighted by Gasteiger charge is -2.36. The van der Waals surface area contributed by atoms with Crippen molar-refractivity contribution in [3.63, 3.8) is 0 Å². The van der Waals surface area contributed by atoms with Gasteiger partial charge in [0.05, 0.1) is 16.8 Å². The molecule has 2 amide bonds. The Morgan fingerprint density at radius 1 is 1.15 bits per heavy atom. The highest BCUT2D eigenvalue weighted by atomic mass is 19.1. The van der Waals surface area contributed by atoms with Gasteiger partial charge in [-0.25, -0.2) is 14.2 Å². The van der Waals surface area contributed by atoms with Crippen LogP contribution in [0.5, 0.6) is 0 Å². The van der Waals surface area contributed by atoms with Crippen LogP contribution in [-0.2, 0) is 4.74 Å². The molecule has 1 saturated heterocycles. The summed E-state index contributed by atoms with van der Waals surface area (Å²) in [6, 6.07) is 9.71. The van der Waals surface area contributed by atoms with E-state index in [1.54, 1.807) is 23.1 Å². The average Bonchev–Trinajstić information content (AvgIpc) is 3.61. The number of pyridine rings is 1. The molecule has 9 heteroatoms. The third-order valence-corrected chi connectivity index (χ3v) is 5.65. The molecule has 4 rings (SSSR count). The average molecular weight is 466 g/mol. The minimum absolute atomic E-state index is 0.0392. The van der Waals surface area contributed by atoms with Crippen molar-refractivity contribution in [2.24, 2.45) is 0 Å². The summed E-state index contributed by atoms with van der Waals surface area (Å²) in [5, 5.41) is 12.0. The molecule has 2 aromatic rings. The second-order valence-corrected chi connectivity index (χ2v) is 9.58. The Hall–Kier alpha value is -3.67. The number of hydrogen-bond acceptors (Lipinski definition) is 6. The van der Waals surface area contributed by atoms with Gasteiger partial charge in [0.15, 0.2) is 0 Å². The fourth-order valence-electron chi connectivity index (χ4n) is 3.71. The molecule has 0 atom stereocenters. The van der Waals surface area contributed by atoms with E-state index in [0.717, 1.165) is 12.8 Å². The molecule has 0 radical (unpaired) electrons. The number of anilines is 1. The molecule has 0 unspecified atom stereocenters. The van der Waals surface area contributed by atoms with E-state index in [9.17, 15) is 14.0 Å². The molecule has 1 aromatic carbocycles. The lowest BCUT2D eigenvalue weighted by molar-refractivity contribution is 0.0240. The Balaban J connectivity index is 1.59. The molecule has 1 saturated carbocycles. The van der Waals surface area contributed by atoms with Crippen molar-refractivity contribution in [1.29, 1.82) is 5.26 Å². The van der Waals surface area contributed by atoms with E-state index in [2.05, 4.69) is 5.32 Å². The first kappa shape index (κ1) is 23.5. The number of piperazine rings is 1. The molecule has 1 aromatic heterocycles. The van der Waals surface area contributed by atoms with Crippen LogP contribution in [0.15, 0.2) is 30.3 Å². The summed E-state index contributed by atoms with van der Waals surface area (Å²) >= 11 is 0. The Bertz CT molecular complexity index is 1140. The molecule has 178 valence electrons. The monoisotopic (exact) mass is 465 g/mol. The van der Waals surface area contributed by atoms with E-state index in [4.69, 9.17) is 15.0 Å². The number of amides is 2. The maximum absolute atomic E-state index is 14.2. The Morgan fingerprint density at radius 2 is 1.85 bits per heavy atom. The molecule has 2 heterocycles. The highest BCUT2D eigenvalue weighted by molar-refractivity contribution is 5.99. The van der Waals surface area contributed by atoms with Crippen LogP contribution in [-0.4, -0.2) is 59.7 Å². The van der Waals surface area contributed by atoms with Gasteiger partial charge in [-0.2, -0.15) is 5.26 Å². The van der Waals surface area contributed by atoms with Gasteiger partial charge in [-0.3, -0.25) is 4.79 Å². The van der Waals surface area contributed by atoms with Crippen molar-refractivity contribution in [3.05, 3.63) is 47.3 Å². The van der Waals surface area contributed by atoms with Crippen LogP contribution in [0.1, 0.15) is 49.5 Å². The molecule has 2 fully saturated rings. The number of carbonyl (C=O) groups is 2. The predicted octanol–water partition coefficient (Wildman–Crippen LogP) is 3.71. The topological polar surface area (TPSA) is 98.6 Å². The van der Waals surface area contributed by atoms with Crippen LogP contribution >= 0.6 is 0 Å². The minimum atomic E-state index is -0.620. The van der Waals surface area contributed by atoms with Crippen molar-refractivity contribution in [3.8, 4) is 17.3 Å². The summed E-state index contributed by atoms with van der Waals surface area (Å²) in [6.07, 6.45) is 1.56. The molecular weight excluding hydrogens is 437 g/mol. The molecule has 0 spiro atoms. The molecule has 1 aliphatic heterocycles. The van der Waals surface area contributed by atoms with E-state index in [-0.39, 0.29) is 23.6 Å². The van der Waals surface area contributed by atoms with Crippen LogP contribution in [0.25, 0.3) is 11.3 Å². The molecule has 2 aliphatic rings. The first-order chi connectivity index (χ1) is 16.1. The predicted molar refractivity (Wildman–Crippen MR) is 125 cm³/mol. The third kappa shape index (κ3) is 5.45. The van der Waals surface area contributed by atoms with Gasteiger partial charge in [0.1, 0.15) is 23.3 Å². The van der Waals surface area contributed by atoms with Gasteiger partial charge < -0.3 is 19.9 Å². The largest absolute Gasteiger partial charge is 0.444 e. The number of nitrogens with zero attached hydrogens (tertiary/aromatic N) is 4. The molecule has 1 N–H and O–H groups in total. The van der Waals surface area contributed by atoms with Crippen LogP contribution in [0.4, 0.5) is 15.0 Å². The maximum atomic E-state index is 14.2. The Labute approximate surface area is 198 Å². The number of ether oxygens (including phenoxy) is 1. The molecule has 34 heavy (non-hydrogen) atoms. The van der Waals surface area contributed by atoms with Gasteiger partial charge in [0.25, 0.3) is 5.91 Å². The number of aromatic nitrogens is 1. The second-order valence-electron chi connectivity index (χ2n) is 9.58. The zero-order valence-corrected chi connectivity index (χ0v) is 19.6. The van der Waals surface area contributed by atoms with Crippen molar-refractivity contribution in [2.75, 3.05) is 31.1 Å². The summed E-state index contributed by atoms with van der Waals surface area (Å²) in [7, 11) is 0. The van der Waals surface area contributed by atoms with Gasteiger partial charge >= 0.3 is 6.09 Å². The van der Waals surface area contributed by atoms with E-state index >= 15 is 0 Å². The van der Waals surface area contributed by atoms with Crippen molar-refractivity contribution >= 4 is 17.8 Å². The highest BCUT2D eigenvalue weighted by Crippen LogP contribution is 2.28. The quantitative estimate of drug-likeness (QED) is 0.739. The minimum Gasteiger partial charge on any atom is -0.444 e. The summed E-state index contributed by atoms with van der Waals surface area (Å²) in [4.78, 5) is 33.7. The van der Waals surface area contributed by atoms with Gasteiger partial charge in [-0.1, -0.05) is 6.07 Å². The number of carbonyl (C=O) groups excluding carboxylic acids is 2. The molecule has 1 aliphatic carbocycles.